The van der Waals surface area contributed by atoms with E-state index < -0.39 is 81.9 Å². The van der Waals surface area contributed by atoms with Gasteiger partial charge in [0.15, 0.2) is 24.6 Å². The Labute approximate surface area is 370 Å². The van der Waals surface area contributed by atoms with Crippen molar-refractivity contribution in [2.24, 2.45) is 50.2 Å². The quantitative estimate of drug-likeness (QED) is 0.0754. The van der Waals surface area contributed by atoms with Crippen LogP contribution in [0.4, 0.5) is 0 Å². The first kappa shape index (κ1) is 47.4. The molecule has 0 N–H and O–H groups in total. The Hall–Kier alpha value is -2.12. The number of ether oxygens (including phenoxy) is 7. The number of alkyl halides is 3. The number of carbonyl (C=O) groups is 5. The molecule has 0 unspecified atom stereocenters. The summed E-state index contributed by atoms with van der Waals surface area (Å²) in [5.74, 6) is -2.79. The molecule has 13 atom stereocenters. The van der Waals surface area contributed by atoms with E-state index in [0.29, 0.717) is 12.3 Å². The molecule has 15 heteroatoms. The molecule has 1 saturated heterocycles. The van der Waals surface area contributed by atoms with Gasteiger partial charge in [0, 0.05) is 20.8 Å². The van der Waals surface area contributed by atoms with E-state index in [-0.39, 0.29) is 39.5 Å². The molecule has 338 valence electrons. The fraction of sp³-hybridized carbons (Fsp3) is 0.844. The number of allylic oxidation sites excluding steroid dienone is 2. The minimum Gasteiger partial charge on any atom is -0.469 e. The second-order valence-corrected chi connectivity index (χ2v) is 23.0. The van der Waals surface area contributed by atoms with Gasteiger partial charge >= 0.3 is 29.8 Å². The number of methoxy groups -OCH3 is 1. The van der Waals surface area contributed by atoms with Gasteiger partial charge in [0.1, 0.15) is 12.7 Å². The van der Waals surface area contributed by atoms with Crippen molar-refractivity contribution in [3.63, 3.8) is 0 Å². The van der Waals surface area contributed by atoms with Crippen molar-refractivity contribution >= 4 is 64.6 Å². The highest BCUT2D eigenvalue weighted by Gasteiger charge is 2.70. The fourth-order valence-electron chi connectivity index (χ4n) is 13.5. The molecule has 0 aromatic heterocycles. The Morgan fingerprint density at radius 3 is 2.00 bits per heavy atom. The molecule has 5 fully saturated rings. The van der Waals surface area contributed by atoms with Crippen molar-refractivity contribution in [3.05, 3.63) is 11.6 Å². The predicted molar refractivity (Wildman–Crippen MR) is 222 cm³/mol. The zero-order valence-corrected chi connectivity index (χ0v) is 39.4. The summed E-state index contributed by atoms with van der Waals surface area (Å²) in [6, 6.07) is 0. The van der Waals surface area contributed by atoms with Crippen molar-refractivity contribution in [1.29, 1.82) is 0 Å². The highest BCUT2D eigenvalue weighted by molar-refractivity contribution is 6.75. The first-order valence-electron chi connectivity index (χ1n) is 21.5. The summed E-state index contributed by atoms with van der Waals surface area (Å²) in [6.07, 6.45) is 3.94. The number of carbonyl (C=O) groups excluding carboxylic acids is 5. The van der Waals surface area contributed by atoms with Crippen LogP contribution in [0.15, 0.2) is 11.6 Å². The third kappa shape index (κ3) is 8.13. The van der Waals surface area contributed by atoms with Crippen LogP contribution in [0, 0.1) is 50.2 Å². The molecule has 6 aliphatic rings. The molecule has 12 nitrogen and oxygen atoms in total. The lowest BCUT2D eigenvalue weighted by Gasteiger charge is -2.71. The van der Waals surface area contributed by atoms with E-state index in [2.05, 4.69) is 54.5 Å². The Kier molecular flexibility index (Phi) is 13.0. The molecule has 60 heavy (non-hydrogen) atoms. The second-order valence-electron chi connectivity index (χ2n) is 20.7. The third-order valence-electron chi connectivity index (χ3n) is 16.6. The van der Waals surface area contributed by atoms with Gasteiger partial charge < -0.3 is 33.2 Å². The van der Waals surface area contributed by atoms with Gasteiger partial charge in [0.2, 0.25) is 0 Å². The van der Waals surface area contributed by atoms with Gasteiger partial charge in [-0.2, -0.15) is 0 Å². The lowest BCUT2D eigenvalue weighted by Crippen LogP contribution is -2.66. The number of hydrogen-bond acceptors (Lipinski definition) is 12. The predicted octanol–water partition coefficient (Wildman–Crippen LogP) is 8.78. The van der Waals surface area contributed by atoms with Gasteiger partial charge in [-0.25, -0.2) is 4.79 Å². The molecule has 5 aliphatic carbocycles. The lowest BCUT2D eigenvalue weighted by atomic mass is 9.33. The van der Waals surface area contributed by atoms with Gasteiger partial charge in [-0.1, -0.05) is 94.9 Å². The monoisotopic (exact) mass is 902 g/mol. The number of esters is 5. The minimum absolute atomic E-state index is 0.0220. The van der Waals surface area contributed by atoms with Crippen LogP contribution in [0.2, 0.25) is 0 Å². The molecule has 0 spiro atoms. The van der Waals surface area contributed by atoms with Crippen molar-refractivity contribution in [1.82, 2.24) is 0 Å². The van der Waals surface area contributed by atoms with E-state index in [4.69, 9.17) is 68.0 Å². The summed E-state index contributed by atoms with van der Waals surface area (Å²) in [5.41, 5.74) is 0.462. The summed E-state index contributed by atoms with van der Waals surface area (Å²) in [7, 11) is 1.54. The molecule has 0 aromatic rings. The van der Waals surface area contributed by atoms with Crippen molar-refractivity contribution in [3.8, 4) is 0 Å². The molecule has 6 rings (SSSR count). The van der Waals surface area contributed by atoms with Crippen LogP contribution in [0.1, 0.15) is 133 Å². The first-order chi connectivity index (χ1) is 27.7. The summed E-state index contributed by atoms with van der Waals surface area (Å²) >= 11 is 17.9. The van der Waals surface area contributed by atoms with E-state index in [1.165, 1.54) is 19.6 Å². The molecule has 0 bridgehead atoms. The Morgan fingerprint density at radius 2 is 1.40 bits per heavy atom. The number of rotatable bonds is 8. The van der Waals surface area contributed by atoms with Gasteiger partial charge in [-0.05, 0) is 109 Å². The SMILES string of the molecule is COC(=O)[C@]12CCC(C)(C)C[C@H]1C1=CC[C@@H]3[C@@]4(C)CC[C@H](O[C@@H]5O[C@H](COC(C)=O)[C@@H](OC(C)=O)[C@H](OC(C)=O)[C@H]5OC(=O)C(Cl)(Cl)Cl)C(C)(C)[C@@H]4CC[C@@]3(C)[C@]1(C)CC2. The van der Waals surface area contributed by atoms with Gasteiger partial charge in [-0.3, -0.25) is 19.2 Å². The van der Waals surface area contributed by atoms with Crippen LogP contribution in [0.25, 0.3) is 0 Å². The lowest BCUT2D eigenvalue weighted by molar-refractivity contribution is -0.333. The Morgan fingerprint density at radius 1 is 0.767 bits per heavy atom. The second kappa shape index (κ2) is 16.5. The molecule has 0 aromatic carbocycles. The minimum atomic E-state index is -2.52. The zero-order chi connectivity index (χ0) is 44.6. The first-order valence-corrected chi connectivity index (χ1v) is 22.7. The van der Waals surface area contributed by atoms with Crippen molar-refractivity contribution in [2.75, 3.05) is 13.7 Å². The maximum Gasteiger partial charge on any atom is 0.359 e. The van der Waals surface area contributed by atoms with E-state index in [0.717, 1.165) is 71.6 Å². The Bertz CT molecular complexity index is 1760. The molecule has 0 radical (unpaired) electrons. The van der Waals surface area contributed by atoms with Gasteiger partial charge in [0.25, 0.3) is 3.79 Å². The Balaban J connectivity index is 1.33. The molecule has 1 aliphatic heterocycles. The van der Waals surface area contributed by atoms with Crippen LogP contribution < -0.4 is 0 Å². The van der Waals surface area contributed by atoms with Crippen LogP contribution >= 0.6 is 34.8 Å². The van der Waals surface area contributed by atoms with Crippen LogP contribution in [-0.2, 0) is 57.1 Å². The smallest absolute Gasteiger partial charge is 0.359 e. The van der Waals surface area contributed by atoms with E-state index in [1.807, 2.05) is 0 Å². The fourth-order valence-corrected chi connectivity index (χ4v) is 13.6. The van der Waals surface area contributed by atoms with E-state index >= 15 is 0 Å². The average Bonchev–Trinajstić information content (AvgIpc) is 3.13. The number of hydrogen-bond donors (Lipinski definition) is 0. The summed E-state index contributed by atoms with van der Waals surface area (Å²) in [5, 5.41) is 0. The zero-order valence-electron chi connectivity index (χ0n) is 37.1. The third-order valence-corrected chi connectivity index (χ3v) is 17.0. The average molecular weight is 904 g/mol. The van der Waals surface area contributed by atoms with Crippen LogP contribution in [0.3, 0.4) is 0 Å². The molecule has 4 saturated carbocycles. The topological polar surface area (TPSA) is 150 Å². The maximum atomic E-state index is 13.7. The summed E-state index contributed by atoms with van der Waals surface area (Å²) in [6.45, 7) is 19.6. The summed E-state index contributed by atoms with van der Waals surface area (Å²) in [4.78, 5) is 63.8. The highest BCUT2D eigenvalue weighted by atomic mass is 35.6. The molecular weight excluding hydrogens is 839 g/mol. The normalized spacial score (nSPS) is 41.7. The maximum absolute atomic E-state index is 13.7. The molecule has 1 heterocycles. The highest BCUT2D eigenvalue weighted by Crippen LogP contribution is 2.76. The largest absolute Gasteiger partial charge is 0.469 e. The van der Waals surface area contributed by atoms with E-state index in [9.17, 15) is 24.0 Å². The number of fused-ring (bicyclic) bond motifs is 7. The van der Waals surface area contributed by atoms with Crippen LogP contribution in [-0.4, -0.2) is 84.2 Å². The van der Waals surface area contributed by atoms with Gasteiger partial charge in [-0.15, -0.1) is 0 Å². The van der Waals surface area contributed by atoms with E-state index in [1.54, 1.807) is 0 Å². The van der Waals surface area contributed by atoms with Crippen molar-refractivity contribution in [2.45, 2.75) is 174 Å². The van der Waals surface area contributed by atoms with Crippen molar-refractivity contribution < 1.29 is 57.1 Å². The summed E-state index contributed by atoms with van der Waals surface area (Å²) < 4.78 is 38.6. The number of halogens is 3. The molecular formula is C45H65Cl3O12. The van der Waals surface area contributed by atoms with Gasteiger partial charge in [0.05, 0.1) is 18.6 Å². The van der Waals surface area contributed by atoms with Crippen LogP contribution in [0.5, 0.6) is 0 Å². The standard InChI is InChI=1S/C45H65Cl3O12/c1-24(49)55-23-29-33(56-25(2)50)34(57-26(3)51)35(60-38(53)45(46,47)48)36(58-29)59-32-15-16-41(8)30(40(32,6)7)14-17-43(10)31(41)13-12-27-28-22-39(4,5)18-20-44(28,37(52)54-11)21-19-42(27,43)9/h12,28-36H,13-23H2,1-11H3/t28-,29+,30-,31+,32-,33+,34-,35+,36-,41-,42+,43+,44-/m0/s1. The molecule has 0 amide bonds.